The minimum Gasteiger partial charge on any atom is -0.477 e. The number of nitrogens with two attached hydrogens (primary N) is 1. The predicted octanol–water partition coefficient (Wildman–Crippen LogP) is 2.93. The van der Waals surface area contributed by atoms with Crippen molar-refractivity contribution < 1.29 is 14.1 Å². The first-order valence-corrected chi connectivity index (χ1v) is 9.21. The molecule has 0 bridgehead atoms. The van der Waals surface area contributed by atoms with Crippen LogP contribution in [-0.2, 0) is 13.0 Å². The van der Waals surface area contributed by atoms with E-state index in [-0.39, 0.29) is 5.56 Å². The van der Waals surface area contributed by atoms with Crippen molar-refractivity contribution in [1.82, 2.24) is 15.1 Å². The van der Waals surface area contributed by atoms with Crippen molar-refractivity contribution in [2.45, 2.75) is 13.0 Å². The van der Waals surface area contributed by atoms with Crippen molar-refractivity contribution in [3.05, 3.63) is 65.2 Å². The van der Waals surface area contributed by atoms with Crippen LogP contribution >= 0.6 is 0 Å². The van der Waals surface area contributed by atoms with Crippen LogP contribution < -0.4 is 15.8 Å². The summed E-state index contributed by atoms with van der Waals surface area (Å²) < 4.78 is 11.2. The largest absolute Gasteiger partial charge is 0.477 e. The summed E-state index contributed by atoms with van der Waals surface area (Å²) in [5, 5.41) is 8.01. The van der Waals surface area contributed by atoms with Crippen LogP contribution in [0.2, 0.25) is 0 Å². The van der Waals surface area contributed by atoms with Crippen LogP contribution in [0.5, 0.6) is 5.88 Å². The standard InChI is InChI=1S/C21H17N5O3/c22-18(27)14-8-4-7-13-16(14)26-29-17(13)20-24-19(15-9-10-28-21(15)25-20)23-11-12-5-2-1-3-6-12/h1-8H,9-11H2,(H2,22,27)(H,23,24,25). The van der Waals surface area contributed by atoms with Crippen LogP contribution in [0.4, 0.5) is 5.82 Å². The number of amides is 1. The molecular formula is C21H17N5O3. The van der Waals surface area contributed by atoms with Crippen molar-refractivity contribution in [3.8, 4) is 17.5 Å². The maximum absolute atomic E-state index is 11.7. The van der Waals surface area contributed by atoms with E-state index >= 15 is 0 Å². The molecule has 5 rings (SSSR count). The molecule has 8 nitrogen and oxygen atoms in total. The Hall–Kier alpha value is -3.94. The number of anilines is 1. The number of fused-ring (bicyclic) bond motifs is 2. The van der Waals surface area contributed by atoms with Gasteiger partial charge in [-0.05, 0) is 17.7 Å². The Bertz CT molecular complexity index is 1220. The monoisotopic (exact) mass is 387 g/mol. The number of rotatable bonds is 5. The Morgan fingerprint density at radius 2 is 1.97 bits per heavy atom. The van der Waals surface area contributed by atoms with Gasteiger partial charge in [-0.15, -0.1) is 0 Å². The van der Waals surface area contributed by atoms with E-state index in [0.717, 1.165) is 17.5 Å². The molecule has 2 aromatic heterocycles. The van der Waals surface area contributed by atoms with E-state index in [4.69, 9.17) is 15.0 Å². The lowest BCUT2D eigenvalue weighted by Crippen LogP contribution is -2.11. The highest BCUT2D eigenvalue weighted by Gasteiger charge is 2.25. The van der Waals surface area contributed by atoms with Gasteiger partial charge < -0.3 is 20.3 Å². The van der Waals surface area contributed by atoms with Crippen molar-refractivity contribution in [2.24, 2.45) is 5.73 Å². The molecule has 144 valence electrons. The number of carbonyl (C=O) groups is 1. The second-order valence-corrected chi connectivity index (χ2v) is 6.69. The molecule has 0 radical (unpaired) electrons. The van der Waals surface area contributed by atoms with Crippen molar-refractivity contribution in [3.63, 3.8) is 0 Å². The molecule has 8 heteroatoms. The fraction of sp³-hybridized carbons (Fsp3) is 0.143. The van der Waals surface area contributed by atoms with Crippen LogP contribution in [0.25, 0.3) is 22.5 Å². The first-order chi connectivity index (χ1) is 14.2. The van der Waals surface area contributed by atoms with Gasteiger partial charge >= 0.3 is 0 Å². The highest BCUT2D eigenvalue weighted by Crippen LogP contribution is 2.34. The maximum Gasteiger partial charge on any atom is 0.251 e. The van der Waals surface area contributed by atoms with Crippen LogP contribution in [0.15, 0.2) is 53.1 Å². The molecule has 1 aliphatic heterocycles. The van der Waals surface area contributed by atoms with E-state index in [1.54, 1.807) is 18.2 Å². The first kappa shape index (κ1) is 17.2. The zero-order valence-electron chi connectivity index (χ0n) is 15.4. The van der Waals surface area contributed by atoms with Crippen molar-refractivity contribution in [1.29, 1.82) is 0 Å². The maximum atomic E-state index is 11.7. The Kier molecular flexibility index (Phi) is 4.09. The fourth-order valence-electron chi connectivity index (χ4n) is 3.41. The molecule has 0 aliphatic carbocycles. The molecule has 2 aromatic carbocycles. The summed E-state index contributed by atoms with van der Waals surface area (Å²) in [7, 11) is 0. The zero-order chi connectivity index (χ0) is 19.8. The summed E-state index contributed by atoms with van der Waals surface area (Å²) in [6, 6.07) is 15.2. The number of hydrogen-bond donors (Lipinski definition) is 2. The van der Waals surface area contributed by atoms with Gasteiger partial charge in [-0.25, -0.2) is 4.98 Å². The summed E-state index contributed by atoms with van der Waals surface area (Å²) in [5.41, 5.74) is 8.19. The average molecular weight is 387 g/mol. The third-order valence-corrected chi connectivity index (χ3v) is 4.84. The van der Waals surface area contributed by atoms with Crippen LogP contribution in [-0.4, -0.2) is 27.6 Å². The van der Waals surface area contributed by atoms with Crippen LogP contribution in [0.3, 0.4) is 0 Å². The molecule has 0 atom stereocenters. The van der Waals surface area contributed by atoms with E-state index in [1.165, 1.54) is 0 Å². The average Bonchev–Trinajstić information content (AvgIpc) is 3.39. The highest BCUT2D eigenvalue weighted by atomic mass is 16.5. The van der Waals surface area contributed by atoms with Gasteiger partial charge in [0.1, 0.15) is 11.3 Å². The number of nitrogens with one attached hydrogen (secondary N) is 1. The van der Waals surface area contributed by atoms with Gasteiger partial charge in [0.25, 0.3) is 5.91 Å². The highest BCUT2D eigenvalue weighted by molar-refractivity contribution is 6.07. The summed E-state index contributed by atoms with van der Waals surface area (Å²) in [4.78, 5) is 20.9. The molecule has 3 heterocycles. The van der Waals surface area contributed by atoms with E-state index in [2.05, 4.69) is 20.4 Å². The molecule has 3 N–H and O–H groups in total. The summed E-state index contributed by atoms with van der Waals surface area (Å²) in [6.07, 6.45) is 0.732. The van der Waals surface area contributed by atoms with Gasteiger partial charge in [0.15, 0.2) is 0 Å². The number of primary amides is 1. The zero-order valence-corrected chi connectivity index (χ0v) is 15.4. The molecule has 29 heavy (non-hydrogen) atoms. The van der Waals surface area contributed by atoms with Crippen LogP contribution in [0, 0.1) is 0 Å². The van der Waals surface area contributed by atoms with Gasteiger partial charge in [0, 0.05) is 13.0 Å². The second-order valence-electron chi connectivity index (χ2n) is 6.69. The van der Waals surface area contributed by atoms with Gasteiger partial charge in [0.2, 0.25) is 17.5 Å². The van der Waals surface area contributed by atoms with Crippen LogP contribution in [0.1, 0.15) is 21.5 Å². The molecule has 0 fully saturated rings. The SMILES string of the molecule is NC(=O)c1cccc2c(-c3nc(NCc4ccccc4)c4c(n3)OCC4)onc12. The number of nitrogens with zero attached hydrogens (tertiary/aromatic N) is 3. The lowest BCUT2D eigenvalue weighted by Gasteiger charge is -2.10. The third kappa shape index (κ3) is 3.04. The number of aromatic nitrogens is 3. The lowest BCUT2D eigenvalue weighted by atomic mass is 10.1. The van der Waals surface area contributed by atoms with E-state index in [0.29, 0.717) is 47.3 Å². The molecule has 0 saturated carbocycles. The molecule has 0 saturated heterocycles. The molecule has 1 aliphatic rings. The third-order valence-electron chi connectivity index (χ3n) is 4.84. The van der Waals surface area contributed by atoms with Gasteiger partial charge in [-0.1, -0.05) is 41.6 Å². The Morgan fingerprint density at radius 1 is 1.10 bits per heavy atom. The second kappa shape index (κ2) is 6.90. The number of ether oxygens (including phenoxy) is 1. The van der Waals surface area contributed by atoms with E-state index in [9.17, 15) is 4.79 Å². The van der Waals surface area contributed by atoms with Crippen molar-refractivity contribution in [2.75, 3.05) is 11.9 Å². The summed E-state index contributed by atoms with van der Waals surface area (Å²) in [5.74, 6) is 1.36. The molecule has 1 amide bonds. The summed E-state index contributed by atoms with van der Waals surface area (Å²) >= 11 is 0. The minimum atomic E-state index is -0.570. The van der Waals surface area contributed by atoms with Gasteiger partial charge in [0.05, 0.1) is 23.1 Å². The van der Waals surface area contributed by atoms with Gasteiger partial charge in [-0.3, -0.25) is 4.79 Å². The topological polar surface area (TPSA) is 116 Å². The molecule has 4 aromatic rings. The van der Waals surface area contributed by atoms with E-state index < -0.39 is 5.91 Å². The molecule has 0 spiro atoms. The smallest absolute Gasteiger partial charge is 0.251 e. The van der Waals surface area contributed by atoms with E-state index in [1.807, 2.05) is 30.3 Å². The Labute approximate surface area is 165 Å². The number of hydrogen-bond acceptors (Lipinski definition) is 7. The fourth-order valence-corrected chi connectivity index (χ4v) is 3.41. The quantitative estimate of drug-likeness (QED) is 0.541. The Balaban J connectivity index is 1.57. The van der Waals surface area contributed by atoms with Gasteiger partial charge in [-0.2, -0.15) is 4.98 Å². The number of benzene rings is 2. The molecule has 0 unspecified atom stereocenters. The lowest BCUT2D eigenvalue weighted by molar-refractivity contribution is 0.100. The molecular weight excluding hydrogens is 370 g/mol. The normalized spacial score (nSPS) is 12.6. The Morgan fingerprint density at radius 3 is 2.79 bits per heavy atom. The summed E-state index contributed by atoms with van der Waals surface area (Å²) in [6.45, 7) is 1.17. The first-order valence-electron chi connectivity index (χ1n) is 9.21. The van der Waals surface area contributed by atoms with Crippen molar-refractivity contribution >= 4 is 22.6 Å². The minimum absolute atomic E-state index is 0.289. The predicted molar refractivity (Wildman–Crippen MR) is 107 cm³/mol. The number of carbonyl (C=O) groups excluding carboxylic acids is 1.